The minimum absolute atomic E-state index is 0.214. The first-order valence-electron chi connectivity index (χ1n) is 8.97. The van der Waals surface area contributed by atoms with Gasteiger partial charge >= 0.3 is 6.18 Å². The minimum atomic E-state index is -4.47. The van der Waals surface area contributed by atoms with Crippen LogP contribution in [0, 0.1) is 0 Å². The third-order valence-corrected chi connectivity index (χ3v) is 6.24. The lowest BCUT2D eigenvalue weighted by atomic mass is 9.98. The molecule has 1 atom stereocenters. The molecular formula is C22H14Br2ClF3N2. The van der Waals surface area contributed by atoms with Gasteiger partial charge in [0.05, 0.1) is 28.0 Å². The van der Waals surface area contributed by atoms with Crippen molar-refractivity contribution in [3.05, 3.63) is 97.4 Å². The maximum absolute atomic E-state index is 13.3. The number of hydrazone groups is 1. The molecule has 1 aliphatic rings. The van der Waals surface area contributed by atoms with Crippen LogP contribution in [0.25, 0.3) is 0 Å². The van der Waals surface area contributed by atoms with Gasteiger partial charge in [0.25, 0.3) is 0 Å². The van der Waals surface area contributed by atoms with E-state index in [2.05, 4.69) is 31.9 Å². The molecule has 2 nitrogen and oxygen atoms in total. The second-order valence-electron chi connectivity index (χ2n) is 6.83. The van der Waals surface area contributed by atoms with Crippen LogP contribution in [-0.4, -0.2) is 5.71 Å². The van der Waals surface area contributed by atoms with Crippen molar-refractivity contribution in [2.45, 2.75) is 18.6 Å². The molecular weight excluding hydrogens is 545 g/mol. The van der Waals surface area contributed by atoms with Gasteiger partial charge in [0.15, 0.2) is 0 Å². The van der Waals surface area contributed by atoms with Crippen LogP contribution in [0.5, 0.6) is 0 Å². The molecule has 3 aromatic carbocycles. The van der Waals surface area contributed by atoms with E-state index >= 15 is 0 Å². The van der Waals surface area contributed by atoms with Gasteiger partial charge in [0.2, 0.25) is 0 Å². The first-order valence-corrected chi connectivity index (χ1v) is 10.9. The van der Waals surface area contributed by atoms with Crippen LogP contribution in [0.4, 0.5) is 18.9 Å². The Bertz CT molecular complexity index is 1100. The lowest BCUT2D eigenvalue weighted by Crippen LogP contribution is -2.19. The van der Waals surface area contributed by atoms with E-state index in [4.69, 9.17) is 16.7 Å². The molecule has 4 rings (SSSR count). The van der Waals surface area contributed by atoms with Gasteiger partial charge in [-0.2, -0.15) is 18.3 Å². The van der Waals surface area contributed by atoms with Gasteiger partial charge in [0, 0.05) is 15.4 Å². The molecule has 154 valence electrons. The van der Waals surface area contributed by atoms with Gasteiger partial charge in [-0.1, -0.05) is 67.7 Å². The maximum Gasteiger partial charge on any atom is 0.416 e. The largest absolute Gasteiger partial charge is 0.416 e. The van der Waals surface area contributed by atoms with Crippen molar-refractivity contribution in [3.8, 4) is 0 Å². The van der Waals surface area contributed by atoms with Crippen LogP contribution in [0.15, 0.2) is 80.8 Å². The molecule has 0 saturated carbocycles. The van der Waals surface area contributed by atoms with E-state index in [1.165, 1.54) is 6.07 Å². The molecule has 0 amide bonds. The summed E-state index contributed by atoms with van der Waals surface area (Å²) < 4.78 is 41.8. The summed E-state index contributed by atoms with van der Waals surface area (Å²) in [6.07, 6.45) is -3.93. The zero-order valence-corrected chi connectivity index (χ0v) is 19.2. The predicted molar refractivity (Wildman–Crippen MR) is 121 cm³/mol. The molecule has 0 aromatic heterocycles. The second-order valence-corrected chi connectivity index (χ2v) is 9.07. The van der Waals surface area contributed by atoms with Crippen molar-refractivity contribution in [3.63, 3.8) is 0 Å². The molecule has 0 bridgehead atoms. The Kier molecular flexibility index (Phi) is 5.97. The Hall–Kier alpha value is -1.83. The second kappa shape index (κ2) is 8.36. The van der Waals surface area contributed by atoms with E-state index in [0.29, 0.717) is 6.42 Å². The molecule has 1 heterocycles. The zero-order valence-electron chi connectivity index (χ0n) is 15.3. The number of hydrogen-bond donors (Lipinski definition) is 0. The average Bonchev–Trinajstić information content (AvgIpc) is 3.13. The van der Waals surface area contributed by atoms with Gasteiger partial charge in [-0.15, -0.1) is 0 Å². The fourth-order valence-electron chi connectivity index (χ4n) is 3.36. The van der Waals surface area contributed by atoms with Crippen molar-refractivity contribution in [1.82, 2.24) is 0 Å². The summed E-state index contributed by atoms with van der Waals surface area (Å²) in [5.41, 5.74) is 2.09. The normalized spacial score (nSPS) is 16.7. The van der Waals surface area contributed by atoms with E-state index in [0.717, 1.165) is 37.9 Å². The number of alkyl halides is 3. The van der Waals surface area contributed by atoms with E-state index in [1.807, 2.05) is 48.5 Å². The Balaban J connectivity index is 1.81. The molecule has 0 spiro atoms. The lowest BCUT2D eigenvalue weighted by molar-refractivity contribution is -0.137. The predicted octanol–water partition coefficient (Wildman–Crippen LogP) is 8.24. The topological polar surface area (TPSA) is 15.6 Å². The maximum atomic E-state index is 13.3. The highest BCUT2D eigenvalue weighted by Crippen LogP contribution is 2.42. The van der Waals surface area contributed by atoms with Crippen LogP contribution >= 0.6 is 43.5 Å². The summed E-state index contributed by atoms with van der Waals surface area (Å²) in [6, 6.07) is 18.4. The molecule has 0 N–H and O–H groups in total. The monoisotopic (exact) mass is 556 g/mol. The van der Waals surface area contributed by atoms with Crippen LogP contribution in [0.2, 0.25) is 5.02 Å². The molecule has 0 fully saturated rings. The summed E-state index contributed by atoms with van der Waals surface area (Å²) in [7, 11) is 0. The van der Waals surface area contributed by atoms with E-state index in [9.17, 15) is 13.2 Å². The van der Waals surface area contributed by atoms with Gasteiger partial charge in [-0.05, 0) is 53.6 Å². The zero-order chi connectivity index (χ0) is 21.5. The summed E-state index contributed by atoms with van der Waals surface area (Å²) in [4.78, 5) is 0. The van der Waals surface area contributed by atoms with Gasteiger partial charge in [-0.25, -0.2) is 0 Å². The van der Waals surface area contributed by atoms with E-state index < -0.39 is 11.7 Å². The summed E-state index contributed by atoms with van der Waals surface area (Å²) in [5.74, 6) is 0. The van der Waals surface area contributed by atoms with E-state index in [-0.39, 0.29) is 16.8 Å². The molecule has 0 unspecified atom stereocenters. The van der Waals surface area contributed by atoms with Crippen LogP contribution < -0.4 is 5.01 Å². The quantitative estimate of drug-likeness (QED) is 0.316. The first-order chi connectivity index (χ1) is 14.2. The summed E-state index contributed by atoms with van der Waals surface area (Å²) in [6.45, 7) is 0. The fourth-order valence-corrected chi connectivity index (χ4v) is 4.09. The van der Waals surface area contributed by atoms with Gasteiger partial charge < -0.3 is 0 Å². The fraction of sp³-hybridized carbons (Fsp3) is 0.136. The molecule has 3 aromatic rings. The Morgan fingerprint density at radius 1 is 0.900 bits per heavy atom. The molecule has 0 aliphatic carbocycles. The first kappa shape index (κ1) is 21.4. The number of nitrogens with zero attached hydrogens (tertiary/aromatic N) is 2. The van der Waals surface area contributed by atoms with Crippen LogP contribution in [0.3, 0.4) is 0 Å². The smallest absolute Gasteiger partial charge is 0.256 e. The highest BCUT2D eigenvalue weighted by molar-refractivity contribution is 9.10. The molecule has 30 heavy (non-hydrogen) atoms. The number of rotatable bonds is 3. The van der Waals surface area contributed by atoms with Crippen molar-refractivity contribution < 1.29 is 13.2 Å². The van der Waals surface area contributed by atoms with Crippen molar-refractivity contribution in [2.24, 2.45) is 5.10 Å². The Morgan fingerprint density at radius 3 is 2.10 bits per heavy atom. The molecule has 0 saturated heterocycles. The van der Waals surface area contributed by atoms with Crippen molar-refractivity contribution in [1.29, 1.82) is 0 Å². The summed E-state index contributed by atoms with van der Waals surface area (Å²) in [5, 5.41) is 6.50. The van der Waals surface area contributed by atoms with Crippen LogP contribution in [-0.2, 0) is 6.18 Å². The Labute approximate surface area is 193 Å². The standard InChI is InChI=1S/C22H14Br2ClF3N2/c23-16-6-1-13(2-7-16)19-12-20(14-3-8-17(24)9-4-14)30(29-19)21-11-15(22(26,27)28)5-10-18(21)25/h1-11,20H,12H2/t20-/m1/s1. The number of anilines is 1. The lowest BCUT2D eigenvalue weighted by Gasteiger charge is -2.25. The van der Waals surface area contributed by atoms with Gasteiger partial charge in [-0.3, -0.25) is 5.01 Å². The third-order valence-electron chi connectivity index (χ3n) is 4.86. The van der Waals surface area contributed by atoms with Gasteiger partial charge in [0.1, 0.15) is 0 Å². The number of hydrogen-bond acceptors (Lipinski definition) is 2. The minimum Gasteiger partial charge on any atom is -0.256 e. The highest BCUT2D eigenvalue weighted by atomic mass is 79.9. The molecule has 0 radical (unpaired) electrons. The third kappa shape index (κ3) is 4.43. The van der Waals surface area contributed by atoms with E-state index in [1.54, 1.807) is 5.01 Å². The van der Waals surface area contributed by atoms with Crippen molar-refractivity contribution in [2.75, 3.05) is 5.01 Å². The molecule has 1 aliphatic heterocycles. The SMILES string of the molecule is FC(F)(F)c1ccc(Cl)c(N2N=C(c3ccc(Br)cc3)C[C@@H]2c2ccc(Br)cc2)c1. The molecule has 8 heteroatoms. The van der Waals surface area contributed by atoms with Crippen molar-refractivity contribution >= 4 is 54.9 Å². The number of halogens is 6. The number of benzene rings is 3. The highest BCUT2D eigenvalue weighted by Gasteiger charge is 2.35. The average molecular weight is 559 g/mol. The summed E-state index contributed by atoms with van der Waals surface area (Å²) >= 11 is 13.2. The van der Waals surface area contributed by atoms with Crippen LogP contribution in [0.1, 0.15) is 29.2 Å². The Morgan fingerprint density at radius 2 is 1.50 bits per heavy atom.